The molecule has 0 fully saturated rings. The summed E-state index contributed by atoms with van der Waals surface area (Å²) in [6.07, 6.45) is 0. The van der Waals surface area contributed by atoms with E-state index in [0.717, 1.165) is 32.9 Å². The zero-order chi connectivity index (χ0) is 14.0. The Bertz CT molecular complexity index is 593. The molecule has 0 N–H and O–H groups in total. The quantitative estimate of drug-likeness (QED) is 0.864. The minimum atomic E-state index is 0.442. The first-order valence-electron chi connectivity index (χ1n) is 5.98. The molecule has 1 aromatic carbocycles. The summed E-state index contributed by atoms with van der Waals surface area (Å²) < 4.78 is 14.0. The third-order valence-electron chi connectivity index (χ3n) is 2.95. The maximum Gasteiger partial charge on any atom is 0.161 e. The highest BCUT2D eigenvalue weighted by Gasteiger charge is 2.12. The molecule has 0 aliphatic rings. The molecule has 0 spiro atoms. The molecule has 0 aliphatic heterocycles. The van der Waals surface area contributed by atoms with E-state index in [1.165, 1.54) is 0 Å². The maximum atomic E-state index is 5.83. The lowest BCUT2D eigenvalue weighted by molar-refractivity contribution is 0.275. The summed E-state index contributed by atoms with van der Waals surface area (Å²) in [7, 11) is 3.55. The van der Waals surface area contributed by atoms with Crippen LogP contribution in [0.3, 0.4) is 0 Å². The Labute approximate surface area is 121 Å². The normalized spacial score (nSPS) is 10.6. The minimum absolute atomic E-state index is 0.442. The molecule has 5 heteroatoms. The van der Waals surface area contributed by atoms with Gasteiger partial charge in [0.15, 0.2) is 11.5 Å². The second-order valence-corrected chi connectivity index (χ2v) is 5.21. The van der Waals surface area contributed by atoms with Crippen LogP contribution >= 0.6 is 15.9 Å². The number of rotatable bonds is 4. The summed E-state index contributed by atoms with van der Waals surface area (Å²) in [5.41, 5.74) is 3.10. The van der Waals surface area contributed by atoms with Gasteiger partial charge in [-0.15, -0.1) is 0 Å². The standard InChI is InChI=1S/C14H17BrN2O2/c1-9-5-6-12(13(7-9)18-4)19-8-11-14(15)10(2)16-17(11)3/h5-7H,8H2,1-4H3. The van der Waals surface area contributed by atoms with Crippen molar-refractivity contribution in [3.05, 3.63) is 39.6 Å². The van der Waals surface area contributed by atoms with Gasteiger partial charge >= 0.3 is 0 Å². The second-order valence-electron chi connectivity index (χ2n) is 4.41. The van der Waals surface area contributed by atoms with Gasteiger partial charge in [-0.25, -0.2) is 0 Å². The summed E-state index contributed by atoms with van der Waals surface area (Å²) >= 11 is 3.53. The van der Waals surface area contributed by atoms with Gasteiger partial charge in [0.1, 0.15) is 6.61 Å². The summed E-state index contributed by atoms with van der Waals surface area (Å²) in [4.78, 5) is 0. The molecular weight excluding hydrogens is 308 g/mol. The molecule has 2 rings (SSSR count). The Kier molecular flexibility index (Phi) is 4.14. The molecule has 1 aromatic heterocycles. The monoisotopic (exact) mass is 324 g/mol. The Morgan fingerprint density at radius 1 is 1.26 bits per heavy atom. The predicted octanol–water partition coefficient (Wildman–Crippen LogP) is 3.39. The molecule has 1 heterocycles. The molecule has 0 saturated heterocycles. The average Bonchev–Trinajstić information content (AvgIpc) is 2.62. The van der Waals surface area contributed by atoms with Crippen LogP contribution in [0.1, 0.15) is 17.0 Å². The van der Waals surface area contributed by atoms with E-state index in [0.29, 0.717) is 6.61 Å². The summed E-state index contributed by atoms with van der Waals surface area (Å²) in [5.74, 6) is 1.48. The Morgan fingerprint density at radius 2 is 2.00 bits per heavy atom. The minimum Gasteiger partial charge on any atom is -0.493 e. The largest absolute Gasteiger partial charge is 0.493 e. The van der Waals surface area contributed by atoms with E-state index in [2.05, 4.69) is 21.0 Å². The van der Waals surface area contributed by atoms with Crippen molar-refractivity contribution in [3.63, 3.8) is 0 Å². The lowest BCUT2D eigenvalue weighted by atomic mass is 10.2. The van der Waals surface area contributed by atoms with Crippen molar-refractivity contribution in [1.82, 2.24) is 9.78 Å². The van der Waals surface area contributed by atoms with Crippen molar-refractivity contribution < 1.29 is 9.47 Å². The van der Waals surface area contributed by atoms with Crippen molar-refractivity contribution in [2.45, 2.75) is 20.5 Å². The second kappa shape index (κ2) is 5.65. The first kappa shape index (κ1) is 13.9. The smallest absolute Gasteiger partial charge is 0.161 e. The molecule has 0 amide bonds. The van der Waals surface area contributed by atoms with E-state index in [1.54, 1.807) is 7.11 Å². The van der Waals surface area contributed by atoms with E-state index < -0.39 is 0 Å². The predicted molar refractivity (Wildman–Crippen MR) is 77.7 cm³/mol. The highest BCUT2D eigenvalue weighted by atomic mass is 79.9. The molecule has 0 unspecified atom stereocenters. The van der Waals surface area contributed by atoms with Gasteiger partial charge in [-0.2, -0.15) is 5.10 Å². The van der Waals surface area contributed by atoms with Gasteiger partial charge in [0.05, 0.1) is 23.0 Å². The molecule has 0 atom stereocenters. The van der Waals surface area contributed by atoms with E-state index in [9.17, 15) is 0 Å². The number of aryl methyl sites for hydroxylation is 3. The van der Waals surface area contributed by atoms with E-state index in [-0.39, 0.29) is 0 Å². The molecular formula is C14H17BrN2O2. The number of aromatic nitrogens is 2. The van der Waals surface area contributed by atoms with Crippen LogP contribution in [-0.4, -0.2) is 16.9 Å². The van der Waals surface area contributed by atoms with Crippen LogP contribution in [0, 0.1) is 13.8 Å². The van der Waals surface area contributed by atoms with Crippen LogP contribution in [0.25, 0.3) is 0 Å². The highest BCUT2D eigenvalue weighted by molar-refractivity contribution is 9.10. The number of halogens is 1. The molecule has 0 radical (unpaired) electrons. The molecule has 0 aliphatic carbocycles. The molecule has 19 heavy (non-hydrogen) atoms. The van der Waals surface area contributed by atoms with E-state index >= 15 is 0 Å². The van der Waals surface area contributed by atoms with Crippen molar-refractivity contribution in [2.75, 3.05) is 7.11 Å². The Balaban J connectivity index is 2.19. The van der Waals surface area contributed by atoms with Gasteiger partial charge in [-0.3, -0.25) is 4.68 Å². The fraction of sp³-hybridized carbons (Fsp3) is 0.357. The van der Waals surface area contributed by atoms with Gasteiger partial charge in [-0.1, -0.05) is 6.07 Å². The number of methoxy groups -OCH3 is 1. The fourth-order valence-electron chi connectivity index (χ4n) is 1.88. The van der Waals surface area contributed by atoms with Crippen molar-refractivity contribution in [2.24, 2.45) is 7.05 Å². The van der Waals surface area contributed by atoms with Gasteiger partial charge in [0.2, 0.25) is 0 Å². The summed E-state index contributed by atoms with van der Waals surface area (Å²) in [5, 5.41) is 4.34. The van der Waals surface area contributed by atoms with Crippen molar-refractivity contribution in [3.8, 4) is 11.5 Å². The number of nitrogens with zero attached hydrogens (tertiary/aromatic N) is 2. The van der Waals surface area contributed by atoms with Gasteiger partial charge in [0, 0.05) is 7.05 Å². The zero-order valence-corrected chi connectivity index (χ0v) is 13.1. The first-order valence-corrected chi connectivity index (χ1v) is 6.77. The molecule has 0 bridgehead atoms. The van der Waals surface area contributed by atoms with Gasteiger partial charge < -0.3 is 9.47 Å². The lowest BCUT2D eigenvalue weighted by Crippen LogP contribution is -2.04. The van der Waals surface area contributed by atoms with Crippen LogP contribution in [-0.2, 0) is 13.7 Å². The van der Waals surface area contributed by atoms with Crippen LogP contribution < -0.4 is 9.47 Å². The first-order chi connectivity index (χ1) is 9.02. The number of benzene rings is 1. The summed E-state index contributed by atoms with van der Waals surface area (Å²) in [6, 6.07) is 5.88. The highest BCUT2D eigenvalue weighted by Crippen LogP contribution is 2.29. The Morgan fingerprint density at radius 3 is 2.58 bits per heavy atom. The van der Waals surface area contributed by atoms with Gasteiger partial charge in [0.25, 0.3) is 0 Å². The maximum absolute atomic E-state index is 5.83. The van der Waals surface area contributed by atoms with Crippen molar-refractivity contribution in [1.29, 1.82) is 0 Å². The van der Waals surface area contributed by atoms with Crippen LogP contribution in [0.5, 0.6) is 11.5 Å². The van der Waals surface area contributed by atoms with E-state index in [4.69, 9.17) is 9.47 Å². The lowest BCUT2D eigenvalue weighted by Gasteiger charge is -2.11. The summed E-state index contributed by atoms with van der Waals surface area (Å²) in [6.45, 7) is 4.42. The van der Waals surface area contributed by atoms with Crippen molar-refractivity contribution >= 4 is 15.9 Å². The average molecular weight is 325 g/mol. The molecule has 0 saturated carbocycles. The number of hydrogen-bond acceptors (Lipinski definition) is 3. The fourth-order valence-corrected chi connectivity index (χ4v) is 2.33. The topological polar surface area (TPSA) is 36.3 Å². The molecule has 2 aromatic rings. The Hall–Kier alpha value is -1.49. The SMILES string of the molecule is COc1cc(C)ccc1OCc1c(Br)c(C)nn1C. The van der Waals surface area contributed by atoms with Gasteiger partial charge in [-0.05, 0) is 47.5 Å². The number of ether oxygens (including phenoxy) is 2. The zero-order valence-electron chi connectivity index (χ0n) is 11.5. The van der Waals surface area contributed by atoms with Crippen LogP contribution in [0.15, 0.2) is 22.7 Å². The van der Waals surface area contributed by atoms with Crippen LogP contribution in [0.4, 0.5) is 0 Å². The molecule has 102 valence electrons. The van der Waals surface area contributed by atoms with Crippen LogP contribution in [0.2, 0.25) is 0 Å². The third kappa shape index (κ3) is 2.92. The number of hydrogen-bond donors (Lipinski definition) is 0. The van der Waals surface area contributed by atoms with E-state index in [1.807, 2.05) is 43.8 Å². The third-order valence-corrected chi connectivity index (χ3v) is 3.98. The molecule has 4 nitrogen and oxygen atoms in total.